The second-order valence-electron chi connectivity index (χ2n) is 7.74. The van der Waals surface area contributed by atoms with Crippen LogP contribution in [0.5, 0.6) is 0 Å². The topological polar surface area (TPSA) is 15.3 Å². The molecule has 20 heavy (non-hydrogen) atoms. The molecule has 0 radical (unpaired) electrons. The van der Waals surface area contributed by atoms with E-state index >= 15 is 0 Å². The minimum atomic E-state index is 0.391. The van der Waals surface area contributed by atoms with Gasteiger partial charge in [-0.15, -0.1) is 0 Å². The molecular formula is C18H38N2. The lowest BCUT2D eigenvalue weighted by Gasteiger charge is -2.42. The average molecular weight is 283 g/mol. The van der Waals surface area contributed by atoms with Gasteiger partial charge in [-0.3, -0.25) is 0 Å². The van der Waals surface area contributed by atoms with Crippen LogP contribution in [0.4, 0.5) is 0 Å². The van der Waals surface area contributed by atoms with Crippen LogP contribution in [0, 0.1) is 11.3 Å². The van der Waals surface area contributed by atoms with Crippen LogP contribution in [0.1, 0.15) is 73.6 Å². The lowest BCUT2D eigenvalue weighted by atomic mass is 9.76. The Hall–Kier alpha value is -0.0800. The van der Waals surface area contributed by atoms with E-state index in [1.807, 2.05) is 0 Å². The van der Waals surface area contributed by atoms with E-state index in [4.69, 9.17) is 0 Å². The Labute approximate surface area is 127 Å². The second-order valence-corrected chi connectivity index (χ2v) is 7.74. The Morgan fingerprint density at radius 3 is 2.15 bits per heavy atom. The van der Waals surface area contributed by atoms with E-state index < -0.39 is 0 Å². The summed E-state index contributed by atoms with van der Waals surface area (Å²) in [4.78, 5) is 2.55. The van der Waals surface area contributed by atoms with Crippen LogP contribution in [0.3, 0.4) is 0 Å². The molecule has 0 aromatic carbocycles. The van der Waals surface area contributed by atoms with Crippen molar-refractivity contribution in [1.29, 1.82) is 0 Å². The molecule has 2 nitrogen and oxygen atoms in total. The van der Waals surface area contributed by atoms with Gasteiger partial charge in [0.25, 0.3) is 0 Å². The fourth-order valence-corrected chi connectivity index (χ4v) is 3.10. The van der Waals surface area contributed by atoms with Gasteiger partial charge in [-0.1, -0.05) is 48.0 Å². The first kappa shape index (κ1) is 18.0. The molecule has 0 aromatic heterocycles. The Bertz CT molecular complexity index is 252. The van der Waals surface area contributed by atoms with Gasteiger partial charge in [0.1, 0.15) is 0 Å². The fourth-order valence-electron chi connectivity index (χ4n) is 3.10. The Kier molecular flexibility index (Phi) is 7.53. The first-order valence-corrected chi connectivity index (χ1v) is 8.87. The lowest BCUT2D eigenvalue weighted by molar-refractivity contribution is 0.139. The molecule has 1 unspecified atom stereocenters. The van der Waals surface area contributed by atoms with Crippen LogP contribution in [0.2, 0.25) is 0 Å². The predicted octanol–water partition coefficient (Wildman–Crippen LogP) is 4.30. The van der Waals surface area contributed by atoms with Gasteiger partial charge >= 0.3 is 0 Å². The van der Waals surface area contributed by atoms with Gasteiger partial charge in [0.15, 0.2) is 0 Å². The maximum Gasteiger partial charge on any atom is 0.0124 e. The largest absolute Gasteiger partial charge is 0.311 e. The van der Waals surface area contributed by atoms with E-state index in [0.717, 1.165) is 12.0 Å². The van der Waals surface area contributed by atoms with Gasteiger partial charge in [-0.2, -0.15) is 0 Å². The van der Waals surface area contributed by atoms with Gasteiger partial charge in [-0.05, 0) is 56.7 Å². The smallest absolute Gasteiger partial charge is 0.0124 e. The molecule has 0 heterocycles. The van der Waals surface area contributed by atoms with Gasteiger partial charge < -0.3 is 10.2 Å². The van der Waals surface area contributed by atoms with Crippen molar-refractivity contribution in [3.8, 4) is 0 Å². The lowest BCUT2D eigenvalue weighted by Crippen LogP contribution is -2.50. The molecule has 1 atom stereocenters. The maximum atomic E-state index is 3.97. The van der Waals surface area contributed by atoms with Crippen molar-refractivity contribution in [2.24, 2.45) is 11.3 Å². The van der Waals surface area contributed by atoms with E-state index in [1.54, 1.807) is 0 Å². The standard InChI is InChI=1S/C18H38N2/c1-7-20(8-2)13-12-18(5,6)17(14-15(3)4)19-16-10-9-11-16/h15-17,19H,7-14H2,1-6H3. The summed E-state index contributed by atoms with van der Waals surface area (Å²) in [5.41, 5.74) is 0.391. The van der Waals surface area contributed by atoms with Crippen molar-refractivity contribution >= 4 is 0 Å². The molecule has 1 fully saturated rings. The predicted molar refractivity (Wildman–Crippen MR) is 90.2 cm³/mol. The third-order valence-corrected chi connectivity index (χ3v) is 5.16. The minimum Gasteiger partial charge on any atom is -0.311 e. The van der Waals surface area contributed by atoms with E-state index in [9.17, 15) is 0 Å². The van der Waals surface area contributed by atoms with Crippen molar-refractivity contribution in [2.75, 3.05) is 19.6 Å². The SMILES string of the molecule is CCN(CC)CCC(C)(C)C(CC(C)C)NC1CCC1. The van der Waals surface area contributed by atoms with Crippen molar-refractivity contribution in [3.05, 3.63) is 0 Å². The van der Waals surface area contributed by atoms with Crippen molar-refractivity contribution in [3.63, 3.8) is 0 Å². The zero-order valence-corrected chi connectivity index (χ0v) is 14.8. The van der Waals surface area contributed by atoms with E-state index in [1.165, 1.54) is 51.7 Å². The van der Waals surface area contributed by atoms with Gasteiger partial charge in [0, 0.05) is 12.1 Å². The Morgan fingerprint density at radius 1 is 1.15 bits per heavy atom. The van der Waals surface area contributed by atoms with Crippen molar-refractivity contribution in [2.45, 2.75) is 85.7 Å². The van der Waals surface area contributed by atoms with Crippen LogP contribution >= 0.6 is 0 Å². The molecule has 1 aliphatic carbocycles. The highest BCUT2D eigenvalue weighted by molar-refractivity contribution is 4.90. The molecule has 1 N–H and O–H groups in total. The number of nitrogens with zero attached hydrogens (tertiary/aromatic N) is 1. The van der Waals surface area contributed by atoms with Crippen molar-refractivity contribution in [1.82, 2.24) is 10.2 Å². The van der Waals surface area contributed by atoms with Gasteiger partial charge in [-0.25, -0.2) is 0 Å². The van der Waals surface area contributed by atoms with E-state index in [-0.39, 0.29) is 0 Å². The minimum absolute atomic E-state index is 0.391. The zero-order chi connectivity index (χ0) is 15.2. The monoisotopic (exact) mass is 282 g/mol. The third kappa shape index (κ3) is 5.73. The number of nitrogens with one attached hydrogen (secondary N) is 1. The van der Waals surface area contributed by atoms with Crippen LogP contribution in [0.25, 0.3) is 0 Å². The fraction of sp³-hybridized carbons (Fsp3) is 1.00. The molecule has 0 saturated heterocycles. The van der Waals surface area contributed by atoms with E-state index in [2.05, 4.69) is 51.8 Å². The van der Waals surface area contributed by atoms with Crippen LogP contribution < -0.4 is 5.32 Å². The Morgan fingerprint density at radius 2 is 1.75 bits per heavy atom. The Balaban J connectivity index is 2.55. The summed E-state index contributed by atoms with van der Waals surface area (Å²) in [5.74, 6) is 0.778. The third-order valence-electron chi connectivity index (χ3n) is 5.16. The quantitative estimate of drug-likeness (QED) is 0.642. The summed E-state index contributed by atoms with van der Waals surface area (Å²) in [6.07, 6.45) is 6.81. The highest BCUT2D eigenvalue weighted by atomic mass is 15.1. The van der Waals surface area contributed by atoms with Crippen LogP contribution in [-0.4, -0.2) is 36.6 Å². The molecule has 2 heteroatoms. The number of hydrogen-bond acceptors (Lipinski definition) is 2. The molecule has 0 bridgehead atoms. The first-order chi connectivity index (χ1) is 9.39. The first-order valence-electron chi connectivity index (χ1n) is 8.87. The molecule has 0 aliphatic heterocycles. The molecular weight excluding hydrogens is 244 g/mol. The second kappa shape index (κ2) is 8.38. The summed E-state index contributed by atoms with van der Waals surface area (Å²) in [7, 11) is 0. The summed E-state index contributed by atoms with van der Waals surface area (Å²) in [5, 5.41) is 3.97. The highest BCUT2D eigenvalue weighted by Gasteiger charge is 2.33. The average Bonchev–Trinajstić information content (AvgIpc) is 2.32. The summed E-state index contributed by atoms with van der Waals surface area (Å²) < 4.78 is 0. The molecule has 0 amide bonds. The molecule has 1 rings (SSSR count). The van der Waals surface area contributed by atoms with Gasteiger partial charge in [0.05, 0.1) is 0 Å². The molecule has 0 spiro atoms. The number of rotatable bonds is 10. The summed E-state index contributed by atoms with van der Waals surface area (Å²) in [6, 6.07) is 1.47. The number of hydrogen-bond donors (Lipinski definition) is 1. The molecule has 1 aliphatic rings. The van der Waals surface area contributed by atoms with Gasteiger partial charge in [0.2, 0.25) is 0 Å². The van der Waals surface area contributed by atoms with Crippen molar-refractivity contribution < 1.29 is 0 Å². The molecule has 0 aromatic rings. The molecule has 120 valence electrons. The summed E-state index contributed by atoms with van der Waals surface area (Å²) in [6.45, 7) is 17.8. The van der Waals surface area contributed by atoms with Crippen LogP contribution in [0.15, 0.2) is 0 Å². The van der Waals surface area contributed by atoms with E-state index in [0.29, 0.717) is 11.5 Å². The normalized spacial score (nSPS) is 18.6. The summed E-state index contributed by atoms with van der Waals surface area (Å²) >= 11 is 0. The zero-order valence-electron chi connectivity index (χ0n) is 14.8. The molecule has 1 saturated carbocycles. The highest BCUT2D eigenvalue weighted by Crippen LogP contribution is 2.32. The maximum absolute atomic E-state index is 3.97. The van der Waals surface area contributed by atoms with Crippen LogP contribution in [-0.2, 0) is 0 Å².